The molecule has 1 aliphatic carbocycles. The average molecular weight is 241 g/mol. The van der Waals surface area contributed by atoms with Gasteiger partial charge in [0.2, 0.25) is 5.60 Å². The number of esters is 2. The summed E-state index contributed by atoms with van der Waals surface area (Å²) in [5, 5.41) is 3.16. The molecule has 1 saturated carbocycles. The van der Waals surface area contributed by atoms with Crippen LogP contribution in [0.4, 0.5) is 0 Å². The molecule has 0 aromatic rings. The Kier molecular flexibility index (Phi) is 3.66. The minimum Gasteiger partial charge on any atom is -0.463 e. The molecular weight excluding hydrogens is 222 g/mol. The van der Waals surface area contributed by atoms with Crippen LogP contribution in [0.2, 0.25) is 0 Å². The maximum Gasteiger partial charge on any atom is 0.350 e. The van der Waals surface area contributed by atoms with Gasteiger partial charge in [-0.15, -0.1) is 0 Å². The molecule has 0 aromatic heterocycles. The zero-order valence-electron chi connectivity index (χ0n) is 10.2. The molecule has 5 nitrogen and oxygen atoms in total. The maximum atomic E-state index is 11.9. The predicted octanol–water partition coefficient (Wildman–Crippen LogP) is 0.625. The van der Waals surface area contributed by atoms with Crippen LogP contribution in [-0.2, 0) is 19.1 Å². The lowest BCUT2D eigenvalue weighted by molar-refractivity contribution is -0.173. The van der Waals surface area contributed by atoms with E-state index in [1.807, 2.05) is 0 Å². The second-order valence-corrected chi connectivity index (χ2v) is 4.68. The molecule has 1 aliphatic heterocycles. The lowest BCUT2D eigenvalue weighted by atomic mass is 10.00. The molecule has 0 radical (unpaired) electrons. The molecule has 1 heterocycles. The van der Waals surface area contributed by atoms with Crippen molar-refractivity contribution in [2.75, 3.05) is 19.7 Å². The summed E-state index contributed by atoms with van der Waals surface area (Å²) in [6, 6.07) is 0. The highest BCUT2D eigenvalue weighted by molar-refractivity contribution is 5.87. The van der Waals surface area contributed by atoms with Crippen LogP contribution in [-0.4, -0.2) is 37.2 Å². The fourth-order valence-electron chi connectivity index (χ4n) is 2.05. The molecule has 1 unspecified atom stereocenters. The van der Waals surface area contributed by atoms with Gasteiger partial charge in [0.15, 0.2) is 0 Å². The molecule has 1 saturated heterocycles. The van der Waals surface area contributed by atoms with Crippen molar-refractivity contribution in [2.45, 2.75) is 38.2 Å². The van der Waals surface area contributed by atoms with E-state index in [2.05, 4.69) is 5.32 Å². The van der Waals surface area contributed by atoms with Gasteiger partial charge in [0, 0.05) is 19.4 Å². The van der Waals surface area contributed by atoms with Crippen LogP contribution in [0.3, 0.4) is 0 Å². The van der Waals surface area contributed by atoms with Gasteiger partial charge in [0.25, 0.3) is 0 Å². The van der Waals surface area contributed by atoms with E-state index in [1.54, 1.807) is 6.92 Å². The van der Waals surface area contributed by atoms with Crippen molar-refractivity contribution in [2.24, 2.45) is 5.92 Å². The molecule has 1 N–H and O–H groups in total. The predicted molar refractivity (Wildman–Crippen MR) is 60.3 cm³/mol. The number of carbonyl (C=O) groups excluding carboxylic acids is 2. The highest BCUT2D eigenvalue weighted by Crippen LogP contribution is 2.41. The van der Waals surface area contributed by atoms with Crippen LogP contribution in [0.15, 0.2) is 0 Å². The number of ether oxygens (including phenoxy) is 2. The minimum atomic E-state index is -0.954. The number of nitrogens with one attached hydrogen (secondary N) is 1. The molecule has 2 rings (SSSR count). The zero-order chi connectivity index (χ0) is 12.3. The normalized spacial score (nSPS) is 26.1. The van der Waals surface area contributed by atoms with Gasteiger partial charge >= 0.3 is 11.9 Å². The van der Waals surface area contributed by atoms with Gasteiger partial charge in [-0.05, 0) is 26.3 Å². The second kappa shape index (κ2) is 5.04. The molecule has 2 aliphatic rings. The van der Waals surface area contributed by atoms with E-state index in [1.165, 1.54) is 0 Å². The number of hydrogen-bond acceptors (Lipinski definition) is 5. The van der Waals surface area contributed by atoms with Crippen LogP contribution < -0.4 is 5.32 Å². The fourth-order valence-corrected chi connectivity index (χ4v) is 2.05. The summed E-state index contributed by atoms with van der Waals surface area (Å²) in [5.41, 5.74) is -0.954. The topological polar surface area (TPSA) is 64.6 Å². The van der Waals surface area contributed by atoms with E-state index >= 15 is 0 Å². The Morgan fingerprint density at radius 2 is 2.18 bits per heavy atom. The number of carbonyl (C=O) groups is 2. The third kappa shape index (κ3) is 2.77. The quantitative estimate of drug-likeness (QED) is 0.731. The lowest BCUT2D eigenvalue weighted by Gasteiger charge is -2.23. The highest BCUT2D eigenvalue weighted by Gasteiger charge is 2.56. The minimum absolute atomic E-state index is 0.115. The van der Waals surface area contributed by atoms with Crippen LogP contribution in [0.5, 0.6) is 0 Å². The molecule has 17 heavy (non-hydrogen) atoms. The molecule has 0 spiro atoms. The highest BCUT2D eigenvalue weighted by atomic mass is 16.6. The monoisotopic (exact) mass is 241 g/mol. The first-order valence-electron chi connectivity index (χ1n) is 6.29. The van der Waals surface area contributed by atoms with Crippen LogP contribution >= 0.6 is 0 Å². The van der Waals surface area contributed by atoms with Gasteiger partial charge < -0.3 is 14.8 Å². The van der Waals surface area contributed by atoms with Crippen molar-refractivity contribution in [3.8, 4) is 0 Å². The van der Waals surface area contributed by atoms with Gasteiger partial charge in [-0.25, -0.2) is 4.79 Å². The van der Waals surface area contributed by atoms with Gasteiger partial charge in [0.1, 0.15) is 0 Å². The molecule has 0 aromatic carbocycles. The van der Waals surface area contributed by atoms with Gasteiger partial charge in [-0.2, -0.15) is 0 Å². The molecule has 96 valence electrons. The molecule has 0 amide bonds. The molecular formula is C12H19NO4. The second-order valence-electron chi connectivity index (χ2n) is 4.68. The van der Waals surface area contributed by atoms with E-state index in [0.29, 0.717) is 26.0 Å². The van der Waals surface area contributed by atoms with Crippen molar-refractivity contribution in [1.82, 2.24) is 5.32 Å². The van der Waals surface area contributed by atoms with Gasteiger partial charge in [-0.3, -0.25) is 4.79 Å². The fraction of sp³-hybridized carbons (Fsp3) is 0.833. The average Bonchev–Trinajstić information content (AvgIpc) is 3.11. The van der Waals surface area contributed by atoms with Crippen molar-refractivity contribution >= 4 is 11.9 Å². The van der Waals surface area contributed by atoms with Gasteiger partial charge in [-0.1, -0.05) is 0 Å². The van der Waals surface area contributed by atoms with Crippen LogP contribution in [0.1, 0.15) is 32.6 Å². The number of hydrogen-bond donors (Lipinski definition) is 1. The van der Waals surface area contributed by atoms with Crippen molar-refractivity contribution < 1.29 is 19.1 Å². The van der Waals surface area contributed by atoms with Gasteiger partial charge in [0.05, 0.1) is 12.5 Å². The Hall–Kier alpha value is -1.10. The third-order valence-corrected chi connectivity index (χ3v) is 3.28. The number of piperidine rings is 1. The summed E-state index contributed by atoms with van der Waals surface area (Å²) in [4.78, 5) is 23.5. The summed E-state index contributed by atoms with van der Waals surface area (Å²) in [6.07, 6.45) is 3.01. The number of rotatable bonds is 4. The standard InChI is InChI=1S/C12H19NO4/c1-2-16-11(15)12(5-6-12)17-10(14)9-4-3-7-13-8-9/h9,13H,2-8H2,1H3. The van der Waals surface area contributed by atoms with Crippen LogP contribution in [0, 0.1) is 5.92 Å². The van der Waals surface area contributed by atoms with Crippen molar-refractivity contribution in [3.63, 3.8) is 0 Å². The van der Waals surface area contributed by atoms with Crippen molar-refractivity contribution in [1.29, 1.82) is 0 Å². The Morgan fingerprint density at radius 3 is 2.71 bits per heavy atom. The van der Waals surface area contributed by atoms with E-state index in [9.17, 15) is 9.59 Å². The Morgan fingerprint density at radius 1 is 1.41 bits per heavy atom. The first-order chi connectivity index (χ1) is 8.18. The van der Waals surface area contributed by atoms with Crippen molar-refractivity contribution in [3.05, 3.63) is 0 Å². The largest absolute Gasteiger partial charge is 0.463 e. The summed E-state index contributed by atoms with van der Waals surface area (Å²) < 4.78 is 10.3. The first kappa shape index (κ1) is 12.4. The SMILES string of the molecule is CCOC(=O)C1(OC(=O)C2CCCNC2)CC1. The summed E-state index contributed by atoms with van der Waals surface area (Å²) in [6.45, 7) is 3.68. The molecule has 5 heteroatoms. The Balaban J connectivity index is 1.87. The van der Waals surface area contributed by atoms with E-state index in [4.69, 9.17) is 9.47 Å². The summed E-state index contributed by atoms with van der Waals surface area (Å²) in [7, 11) is 0. The van der Waals surface area contributed by atoms with E-state index in [-0.39, 0.29) is 11.9 Å². The third-order valence-electron chi connectivity index (χ3n) is 3.28. The zero-order valence-corrected chi connectivity index (χ0v) is 10.2. The van der Waals surface area contributed by atoms with E-state index < -0.39 is 11.6 Å². The summed E-state index contributed by atoms with van der Waals surface area (Å²) in [5.74, 6) is -0.768. The Bertz CT molecular complexity index is 306. The maximum absolute atomic E-state index is 11.9. The Labute approximate surface area is 101 Å². The lowest BCUT2D eigenvalue weighted by Crippen LogP contribution is -2.39. The first-order valence-corrected chi connectivity index (χ1v) is 6.29. The smallest absolute Gasteiger partial charge is 0.350 e. The van der Waals surface area contributed by atoms with E-state index in [0.717, 1.165) is 19.4 Å². The summed E-state index contributed by atoms with van der Waals surface area (Å²) >= 11 is 0. The molecule has 0 bridgehead atoms. The van der Waals surface area contributed by atoms with Crippen LogP contribution in [0.25, 0.3) is 0 Å². The molecule has 2 fully saturated rings. The molecule has 1 atom stereocenters.